The van der Waals surface area contributed by atoms with Gasteiger partial charge in [0.25, 0.3) is 6.47 Å². The second kappa shape index (κ2) is 16.9. The number of likely N-dealkylation sites (tertiary alicyclic amines) is 1. The fraction of sp³-hybridized carbons (Fsp3) is 0.680. The molecule has 2 N–H and O–H groups in total. The Morgan fingerprint density at radius 2 is 1.53 bits per heavy atom. The minimum absolute atomic E-state index is 0.250. The van der Waals surface area contributed by atoms with E-state index in [9.17, 15) is 9.90 Å². The van der Waals surface area contributed by atoms with E-state index >= 15 is 0 Å². The Morgan fingerprint density at radius 1 is 1.03 bits per heavy atom. The highest BCUT2D eigenvalue weighted by atomic mass is 16.4. The zero-order chi connectivity index (χ0) is 22.8. The summed E-state index contributed by atoms with van der Waals surface area (Å²) < 4.78 is 0. The van der Waals surface area contributed by atoms with Crippen LogP contribution in [-0.4, -0.2) is 40.6 Å². The Morgan fingerprint density at radius 3 is 2.03 bits per heavy atom. The first kappa shape index (κ1) is 28.1. The molecule has 30 heavy (non-hydrogen) atoms. The van der Waals surface area contributed by atoms with Gasteiger partial charge in [0.15, 0.2) is 0 Å². The smallest absolute Gasteiger partial charge is 0.310 e. The summed E-state index contributed by atoms with van der Waals surface area (Å²) in [4.78, 5) is 22.0. The molecule has 0 amide bonds. The van der Waals surface area contributed by atoms with E-state index in [-0.39, 0.29) is 6.47 Å². The van der Waals surface area contributed by atoms with E-state index in [1.54, 1.807) is 0 Å². The standard InChI is InChI=1S/C22H35NO2.C2H6.CH2O2/c1-3-4-5-6-7-8-9-10-19-11-13-20(14-12-19)17-23-16-15-22(2,18-23)21(24)25;1-2;2-1-3/h11-14H,3-10,15-18H2,1-2H3,(H,24,25);1-2H3;1H,(H,2,3). The number of benzene rings is 1. The summed E-state index contributed by atoms with van der Waals surface area (Å²) in [5, 5.41) is 16.2. The summed E-state index contributed by atoms with van der Waals surface area (Å²) in [6.07, 6.45) is 11.4. The molecule has 5 heteroatoms. The van der Waals surface area contributed by atoms with Crippen LogP contribution >= 0.6 is 0 Å². The number of carboxylic acids is 1. The first-order valence-corrected chi connectivity index (χ1v) is 11.6. The molecule has 0 aliphatic carbocycles. The summed E-state index contributed by atoms with van der Waals surface area (Å²) in [5.41, 5.74) is 2.14. The third kappa shape index (κ3) is 11.3. The van der Waals surface area contributed by atoms with Crippen molar-refractivity contribution in [2.24, 2.45) is 5.41 Å². The number of nitrogens with zero attached hydrogens (tertiary/aromatic N) is 1. The van der Waals surface area contributed by atoms with Crippen LogP contribution < -0.4 is 0 Å². The molecule has 1 aromatic rings. The average Bonchev–Trinajstić information content (AvgIpc) is 3.13. The van der Waals surface area contributed by atoms with Gasteiger partial charge in [0.2, 0.25) is 0 Å². The van der Waals surface area contributed by atoms with Crippen molar-refractivity contribution in [2.75, 3.05) is 13.1 Å². The van der Waals surface area contributed by atoms with Crippen LogP contribution in [-0.2, 0) is 22.6 Å². The van der Waals surface area contributed by atoms with Crippen LogP contribution in [0.4, 0.5) is 0 Å². The van der Waals surface area contributed by atoms with Crippen molar-refractivity contribution in [3.63, 3.8) is 0 Å². The topological polar surface area (TPSA) is 77.8 Å². The Bertz CT molecular complexity index is 573. The minimum Gasteiger partial charge on any atom is -0.483 e. The summed E-state index contributed by atoms with van der Waals surface area (Å²) in [6.45, 7) is 10.3. The van der Waals surface area contributed by atoms with Gasteiger partial charge < -0.3 is 10.2 Å². The largest absolute Gasteiger partial charge is 0.483 e. The van der Waals surface area contributed by atoms with Gasteiger partial charge in [-0.3, -0.25) is 14.5 Å². The van der Waals surface area contributed by atoms with Crippen LogP contribution in [0.15, 0.2) is 24.3 Å². The van der Waals surface area contributed by atoms with E-state index in [0.29, 0.717) is 6.54 Å². The predicted molar refractivity (Wildman–Crippen MR) is 124 cm³/mol. The van der Waals surface area contributed by atoms with Crippen LogP contribution in [0.1, 0.15) is 90.2 Å². The Balaban J connectivity index is 0.00000154. The van der Waals surface area contributed by atoms with Gasteiger partial charge in [-0.05, 0) is 43.9 Å². The molecule has 1 unspecified atom stereocenters. The van der Waals surface area contributed by atoms with Gasteiger partial charge in [0.1, 0.15) is 0 Å². The lowest BCUT2D eigenvalue weighted by Gasteiger charge is -2.20. The van der Waals surface area contributed by atoms with Crippen LogP contribution in [0.5, 0.6) is 0 Å². The molecule has 1 aliphatic rings. The number of carbonyl (C=O) groups is 2. The zero-order valence-electron chi connectivity index (χ0n) is 19.5. The lowest BCUT2D eigenvalue weighted by Crippen LogP contribution is -2.31. The summed E-state index contributed by atoms with van der Waals surface area (Å²) in [7, 11) is 0. The maximum absolute atomic E-state index is 11.3. The number of unbranched alkanes of at least 4 members (excludes halogenated alkanes) is 6. The van der Waals surface area contributed by atoms with Crippen molar-refractivity contribution >= 4 is 12.4 Å². The van der Waals surface area contributed by atoms with E-state index in [2.05, 4.69) is 36.1 Å². The van der Waals surface area contributed by atoms with E-state index in [4.69, 9.17) is 9.90 Å². The Kier molecular flexibility index (Phi) is 15.8. The normalized spacial score (nSPS) is 18.0. The first-order chi connectivity index (χ1) is 14.4. The molecule has 1 atom stereocenters. The molecule has 0 spiro atoms. The monoisotopic (exact) mass is 421 g/mol. The molecule has 1 fully saturated rings. The quantitative estimate of drug-likeness (QED) is 0.338. The fourth-order valence-corrected chi connectivity index (χ4v) is 3.72. The van der Waals surface area contributed by atoms with E-state index in [0.717, 1.165) is 19.5 Å². The molecular weight excluding hydrogens is 378 g/mol. The molecular formula is C25H43NO4. The number of carboxylic acid groups (broad SMARTS) is 2. The first-order valence-electron chi connectivity index (χ1n) is 11.6. The fourth-order valence-electron chi connectivity index (χ4n) is 3.72. The van der Waals surface area contributed by atoms with Crippen molar-refractivity contribution in [2.45, 2.75) is 92.0 Å². The third-order valence-electron chi connectivity index (χ3n) is 5.57. The molecule has 0 aromatic heterocycles. The van der Waals surface area contributed by atoms with Gasteiger partial charge in [-0.15, -0.1) is 0 Å². The molecule has 0 bridgehead atoms. The van der Waals surface area contributed by atoms with E-state index in [1.807, 2.05) is 20.8 Å². The van der Waals surface area contributed by atoms with Gasteiger partial charge in [-0.2, -0.15) is 0 Å². The maximum Gasteiger partial charge on any atom is 0.310 e. The Hall–Kier alpha value is -1.88. The highest BCUT2D eigenvalue weighted by molar-refractivity contribution is 5.74. The second-order valence-corrected chi connectivity index (χ2v) is 8.12. The highest BCUT2D eigenvalue weighted by Crippen LogP contribution is 2.31. The SMILES string of the molecule is CC.CCCCCCCCCc1ccc(CN2CCC(C)(C(=O)O)C2)cc1.O=CO. The Labute approximate surface area is 183 Å². The molecule has 1 aromatic carbocycles. The number of hydrogen-bond acceptors (Lipinski definition) is 3. The van der Waals surface area contributed by atoms with Crippen molar-refractivity contribution in [1.29, 1.82) is 0 Å². The number of hydrogen-bond donors (Lipinski definition) is 2. The van der Waals surface area contributed by atoms with Gasteiger partial charge in [-0.1, -0.05) is 83.6 Å². The summed E-state index contributed by atoms with van der Waals surface area (Å²) in [6, 6.07) is 8.93. The molecule has 1 heterocycles. The summed E-state index contributed by atoms with van der Waals surface area (Å²) >= 11 is 0. The number of rotatable bonds is 11. The predicted octanol–water partition coefficient (Wildman–Crippen LogP) is 6.00. The van der Waals surface area contributed by atoms with Crippen molar-refractivity contribution in [1.82, 2.24) is 4.90 Å². The molecule has 0 saturated carbocycles. The molecule has 2 rings (SSSR count). The van der Waals surface area contributed by atoms with Crippen LogP contribution in [0.2, 0.25) is 0 Å². The second-order valence-electron chi connectivity index (χ2n) is 8.12. The van der Waals surface area contributed by atoms with Crippen molar-refractivity contribution in [3.8, 4) is 0 Å². The summed E-state index contributed by atoms with van der Waals surface area (Å²) in [5.74, 6) is -0.667. The lowest BCUT2D eigenvalue weighted by atomic mass is 9.90. The third-order valence-corrected chi connectivity index (χ3v) is 5.57. The average molecular weight is 422 g/mol. The maximum atomic E-state index is 11.3. The lowest BCUT2D eigenvalue weighted by molar-refractivity contribution is -0.147. The van der Waals surface area contributed by atoms with Crippen LogP contribution in [0, 0.1) is 5.41 Å². The van der Waals surface area contributed by atoms with Gasteiger partial charge in [0, 0.05) is 13.1 Å². The number of aryl methyl sites for hydroxylation is 1. The highest BCUT2D eigenvalue weighted by Gasteiger charge is 2.40. The van der Waals surface area contributed by atoms with Gasteiger partial charge in [-0.25, -0.2) is 0 Å². The number of aliphatic carboxylic acids is 1. The van der Waals surface area contributed by atoms with Crippen molar-refractivity contribution in [3.05, 3.63) is 35.4 Å². The van der Waals surface area contributed by atoms with E-state index < -0.39 is 11.4 Å². The molecule has 1 aliphatic heterocycles. The minimum atomic E-state index is -0.667. The molecule has 1 saturated heterocycles. The molecule has 172 valence electrons. The molecule has 5 nitrogen and oxygen atoms in total. The zero-order valence-corrected chi connectivity index (χ0v) is 19.5. The van der Waals surface area contributed by atoms with Gasteiger partial charge in [0.05, 0.1) is 5.41 Å². The van der Waals surface area contributed by atoms with E-state index in [1.165, 1.54) is 62.5 Å². The van der Waals surface area contributed by atoms with Crippen LogP contribution in [0.25, 0.3) is 0 Å². The van der Waals surface area contributed by atoms with Gasteiger partial charge >= 0.3 is 5.97 Å². The van der Waals surface area contributed by atoms with Crippen molar-refractivity contribution < 1.29 is 19.8 Å². The van der Waals surface area contributed by atoms with Crippen LogP contribution in [0.3, 0.4) is 0 Å². The molecule has 0 radical (unpaired) electrons.